The molecular weight excluding hydrogens is 325 g/mol. The zero-order valence-electron chi connectivity index (χ0n) is 8.55. The van der Waals surface area contributed by atoms with Crippen LogP contribution in [0.5, 0.6) is 0 Å². The number of halogens is 11. The van der Waals surface area contributed by atoms with E-state index in [4.69, 9.17) is 0 Å². The quantitative estimate of drug-likeness (QED) is 0.579. The molecule has 0 aromatic heterocycles. The maximum atomic E-state index is 13.2. The molecule has 1 rings (SSSR count). The second-order valence-electron chi connectivity index (χ2n) is 3.41. The van der Waals surface area contributed by atoms with E-state index >= 15 is 0 Å². The Morgan fingerprint density at radius 3 is 1.65 bits per heavy atom. The summed E-state index contributed by atoms with van der Waals surface area (Å²) in [6.07, 6.45) is -17.0. The van der Waals surface area contributed by atoms with Gasteiger partial charge in [-0.1, -0.05) is 0 Å². The molecule has 1 heterocycles. The Morgan fingerprint density at radius 1 is 0.900 bits per heavy atom. The van der Waals surface area contributed by atoms with E-state index in [0.717, 1.165) is 0 Å². The highest BCUT2D eigenvalue weighted by Crippen LogP contribution is 2.64. The minimum absolute atomic E-state index is 1.30. The standard InChI is InChI=1S/C7HF11O2/c8-2(9)1-19-7(17,18)5(14)3(10,11)4(12,13)6(15,16)20-5/h1H. The van der Waals surface area contributed by atoms with Gasteiger partial charge in [-0.05, 0) is 0 Å². The van der Waals surface area contributed by atoms with Crippen molar-refractivity contribution in [2.75, 3.05) is 0 Å². The van der Waals surface area contributed by atoms with Gasteiger partial charge >= 0.3 is 36.0 Å². The van der Waals surface area contributed by atoms with Crippen LogP contribution in [0, 0.1) is 0 Å². The number of ether oxygens (including phenoxy) is 2. The average molecular weight is 326 g/mol. The van der Waals surface area contributed by atoms with Gasteiger partial charge in [0.1, 0.15) is 0 Å². The first-order valence-corrected chi connectivity index (χ1v) is 4.22. The summed E-state index contributed by atoms with van der Waals surface area (Å²) in [6, 6.07) is 0. The van der Waals surface area contributed by atoms with Crippen LogP contribution in [0.15, 0.2) is 12.3 Å². The number of alkyl halides is 9. The molecule has 0 radical (unpaired) electrons. The third-order valence-corrected chi connectivity index (χ3v) is 2.10. The fourth-order valence-corrected chi connectivity index (χ4v) is 1.13. The minimum Gasteiger partial charge on any atom is -0.430 e. The summed E-state index contributed by atoms with van der Waals surface area (Å²) in [7, 11) is 0. The highest BCUT2D eigenvalue weighted by molar-refractivity contribution is 5.11. The van der Waals surface area contributed by atoms with Gasteiger partial charge in [0.25, 0.3) is 0 Å². The molecule has 1 saturated heterocycles. The molecule has 0 saturated carbocycles. The van der Waals surface area contributed by atoms with E-state index < -0.39 is 42.3 Å². The maximum Gasteiger partial charge on any atom is 0.466 e. The molecule has 20 heavy (non-hydrogen) atoms. The van der Waals surface area contributed by atoms with Crippen molar-refractivity contribution in [1.82, 2.24) is 0 Å². The predicted octanol–water partition coefficient (Wildman–Crippen LogP) is 3.89. The van der Waals surface area contributed by atoms with Crippen LogP contribution in [0.25, 0.3) is 0 Å². The summed E-state index contributed by atoms with van der Waals surface area (Å²) in [5.74, 6) is -19.8. The van der Waals surface area contributed by atoms with Crippen molar-refractivity contribution < 1.29 is 57.8 Å². The molecule has 118 valence electrons. The van der Waals surface area contributed by atoms with Crippen LogP contribution in [0.2, 0.25) is 0 Å². The van der Waals surface area contributed by atoms with Gasteiger partial charge in [-0.25, -0.2) is 0 Å². The van der Waals surface area contributed by atoms with Gasteiger partial charge in [-0.15, -0.1) is 0 Å². The molecule has 0 amide bonds. The molecule has 0 bridgehead atoms. The Balaban J connectivity index is 3.32. The Bertz CT molecular complexity index is 426. The third-order valence-electron chi connectivity index (χ3n) is 2.10. The second kappa shape index (κ2) is 4.11. The number of hydrogen-bond acceptors (Lipinski definition) is 2. The zero-order chi connectivity index (χ0) is 16.2. The second-order valence-corrected chi connectivity index (χ2v) is 3.41. The van der Waals surface area contributed by atoms with Crippen molar-refractivity contribution >= 4 is 0 Å². The largest absolute Gasteiger partial charge is 0.466 e. The summed E-state index contributed by atoms with van der Waals surface area (Å²) < 4.78 is 142. The summed E-state index contributed by atoms with van der Waals surface area (Å²) in [5, 5.41) is 0. The van der Waals surface area contributed by atoms with Gasteiger partial charge in [0.05, 0.1) is 0 Å². The lowest BCUT2D eigenvalue weighted by Gasteiger charge is -2.30. The van der Waals surface area contributed by atoms with E-state index in [9.17, 15) is 48.3 Å². The van der Waals surface area contributed by atoms with Gasteiger partial charge in [0, 0.05) is 0 Å². The van der Waals surface area contributed by atoms with Crippen molar-refractivity contribution in [3.8, 4) is 0 Å². The fraction of sp³-hybridized carbons (Fsp3) is 0.714. The molecule has 0 N–H and O–H groups in total. The molecule has 1 aliphatic heterocycles. The average Bonchev–Trinajstić information content (AvgIpc) is 2.33. The van der Waals surface area contributed by atoms with Gasteiger partial charge in [-0.2, -0.15) is 48.3 Å². The molecule has 1 aliphatic rings. The van der Waals surface area contributed by atoms with Crippen LogP contribution >= 0.6 is 0 Å². The van der Waals surface area contributed by atoms with E-state index in [0.29, 0.717) is 0 Å². The van der Waals surface area contributed by atoms with E-state index in [1.807, 2.05) is 0 Å². The summed E-state index contributed by atoms with van der Waals surface area (Å²) >= 11 is 0. The SMILES string of the molecule is FC(F)=COC(F)(F)C1(F)OC(F)(F)C(F)(F)C1(F)F. The lowest BCUT2D eigenvalue weighted by molar-refractivity contribution is -0.428. The van der Waals surface area contributed by atoms with E-state index in [-0.39, 0.29) is 0 Å². The molecule has 0 aliphatic carbocycles. The van der Waals surface area contributed by atoms with Crippen molar-refractivity contribution in [3.05, 3.63) is 12.3 Å². The molecule has 1 fully saturated rings. The molecule has 13 heteroatoms. The summed E-state index contributed by atoms with van der Waals surface area (Å²) in [4.78, 5) is 0. The van der Waals surface area contributed by atoms with Gasteiger partial charge in [-0.3, -0.25) is 4.74 Å². The molecule has 1 atom stereocenters. The van der Waals surface area contributed by atoms with Crippen LogP contribution in [0.3, 0.4) is 0 Å². The predicted molar refractivity (Wildman–Crippen MR) is 36.1 cm³/mol. The first kappa shape index (κ1) is 16.8. The van der Waals surface area contributed by atoms with Crippen LogP contribution in [0.1, 0.15) is 0 Å². The Morgan fingerprint density at radius 2 is 1.35 bits per heavy atom. The smallest absolute Gasteiger partial charge is 0.430 e. The van der Waals surface area contributed by atoms with Crippen LogP contribution in [0.4, 0.5) is 48.3 Å². The Hall–Kier alpha value is -1.27. The fourth-order valence-electron chi connectivity index (χ4n) is 1.13. The minimum atomic E-state index is -6.77. The molecule has 0 aromatic rings. The Labute approximate surface area is 101 Å². The van der Waals surface area contributed by atoms with Crippen molar-refractivity contribution in [2.24, 2.45) is 0 Å². The van der Waals surface area contributed by atoms with Gasteiger partial charge < -0.3 is 4.74 Å². The Kier molecular flexibility index (Phi) is 3.45. The third kappa shape index (κ3) is 1.90. The van der Waals surface area contributed by atoms with E-state index in [1.54, 1.807) is 0 Å². The van der Waals surface area contributed by atoms with Crippen LogP contribution in [-0.4, -0.2) is 29.9 Å². The van der Waals surface area contributed by atoms with Crippen molar-refractivity contribution in [1.29, 1.82) is 0 Å². The van der Waals surface area contributed by atoms with Crippen LogP contribution < -0.4 is 0 Å². The molecule has 1 unspecified atom stereocenters. The van der Waals surface area contributed by atoms with Crippen LogP contribution in [-0.2, 0) is 9.47 Å². The molecule has 0 spiro atoms. The summed E-state index contributed by atoms with van der Waals surface area (Å²) in [5.41, 5.74) is 0. The normalized spacial score (nSPS) is 30.9. The van der Waals surface area contributed by atoms with Gasteiger partial charge in [0.2, 0.25) is 0 Å². The monoisotopic (exact) mass is 326 g/mol. The zero-order valence-corrected chi connectivity index (χ0v) is 8.55. The molecule has 2 nitrogen and oxygen atoms in total. The molecule has 0 aromatic carbocycles. The van der Waals surface area contributed by atoms with Gasteiger partial charge in [0.15, 0.2) is 6.26 Å². The topological polar surface area (TPSA) is 18.5 Å². The lowest BCUT2D eigenvalue weighted by Crippen LogP contribution is -2.60. The van der Waals surface area contributed by atoms with E-state index in [2.05, 4.69) is 9.47 Å². The number of rotatable bonds is 3. The maximum absolute atomic E-state index is 13.2. The number of hydrogen-bond donors (Lipinski definition) is 0. The highest BCUT2D eigenvalue weighted by atomic mass is 19.4. The highest BCUT2D eigenvalue weighted by Gasteiger charge is 2.96. The van der Waals surface area contributed by atoms with E-state index in [1.165, 1.54) is 0 Å². The first-order valence-electron chi connectivity index (χ1n) is 4.22. The molecular formula is C7HF11O2. The van der Waals surface area contributed by atoms with Crippen molar-refractivity contribution in [3.63, 3.8) is 0 Å². The lowest BCUT2D eigenvalue weighted by atomic mass is 10.1. The first-order chi connectivity index (χ1) is 8.62. The van der Waals surface area contributed by atoms with Crippen molar-refractivity contribution in [2.45, 2.75) is 29.9 Å². The summed E-state index contributed by atoms with van der Waals surface area (Å²) in [6.45, 7) is 0.